The summed E-state index contributed by atoms with van der Waals surface area (Å²) in [4.78, 5) is 11.2. The maximum atomic E-state index is 11.2. The van der Waals surface area contributed by atoms with E-state index in [0.717, 1.165) is 54.3 Å². The molecule has 0 radical (unpaired) electrons. The van der Waals surface area contributed by atoms with Crippen LogP contribution in [0.1, 0.15) is 230 Å². The molecule has 2 heteroatoms. The summed E-state index contributed by atoms with van der Waals surface area (Å²) >= 11 is 0. The third kappa shape index (κ3) is 29.2. The summed E-state index contributed by atoms with van der Waals surface area (Å²) < 4.78 is 0. The van der Waals surface area contributed by atoms with Gasteiger partial charge in [-0.15, -0.1) is 0 Å². The van der Waals surface area contributed by atoms with Gasteiger partial charge in [0.25, 0.3) is 0 Å². The lowest BCUT2D eigenvalue weighted by Crippen LogP contribution is -2.16. The third-order valence-electron chi connectivity index (χ3n) is 11.7. The molecule has 0 amide bonds. The monoisotopic (exact) mass is 677 g/mol. The molecule has 2 nitrogen and oxygen atoms in total. The minimum Gasteiger partial charge on any atom is -0.481 e. The lowest BCUT2D eigenvalue weighted by atomic mass is 9.79. The van der Waals surface area contributed by atoms with Crippen LogP contribution in [-0.4, -0.2) is 11.1 Å². The summed E-state index contributed by atoms with van der Waals surface area (Å²) in [7, 11) is 0. The SMILES string of the molecule is CCCCCCCCCCCCCCCC[C@H](C)C[C@H](C)C[C@H](C)C[C@H](C)C[C@H](C)C[C@H](C)C[C@H](C)C[C@H](C)C[C@H](C)C[C@H](C)C(=O)O. The molecule has 0 aromatic carbocycles. The third-order valence-corrected chi connectivity index (χ3v) is 11.7. The van der Waals surface area contributed by atoms with Gasteiger partial charge in [0, 0.05) is 0 Å². The molecular formula is C46H92O2. The molecule has 10 atom stereocenters. The van der Waals surface area contributed by atoms with Crippen molar-refractivity contribution in [2.75, 3.05) is 0 Å². The van der Waals surface area contributed by atoms with Crippen molar-refractivity contribution in [1.29, 1.82) is 0 Å². The van der Waals surface area contributed by atoms with Crippen LogP contribution in [0.4, 0.5) is 0 Å². The second-order valence-electron chi connectivity index (χ2n) is 18.7. The maximum Gasteiger partial charge on any atom is 0.306 e. The van der Waals surface area contributed by atoms with Crippen LogP contribution in [0.3, 0.4) is 0 Å². The molecule has 0 heterocycles. The van der Waals surface area contributed by atoms with Crippen molar-refractivity contribution >= 4 is 5.97 Å². The van der Waals surface area contributed by atoms with E-state index in [-0.39, 0.29) is 5.92 Å². The van der Waals surface area contributed by atoms with Gasteiger partial charge in [-0.1, -0.05) is 172 Å². The predicted molar refractivity (Wildman–Crippen MR) is 216 cm³/mol. The van der Waals surface area contributed by atoms with Crippen molar-refractivity contribution in [2.45, 2.75) is 230 Å². The fraction of sp³-hybridized carbons (Fsp3) is 0.978. The summed E-state index contributed by atoms with van der Waals surface area (Å²) in [6.07, 6.45) is 33.3. The molecule has 0 saturated carbocycles. The smallest absolute Gasteiger partial charge is 0.306 e. The van der Waals surface area contributed by atoms with E-state index in [9.17, 15) is 9.90 Å². The minimum atomic E-state index is -0.653. The van der Waals surface area contributed by atoms with Crippen LogP contribution in [0.5, 0.6) is 0 Å². The van der Waals surface area contributed by atoms with Crippen LogP contribution >= 0.6 is 0 Å². The van der Waals surface area contributed by atoms with Crippen molar-refractivity contribution < 1.29 is 9.90 Å². The van der Waals surface area contributed by atoms with Gasteiger partial charge in [-0.2, -0.15) is 0 Å². The number of unbranched alkanes of at least 4 members (excludes halogenated alkanes) is 13. The average Bonchev–Trinajstić information content (AvgIpc) is 2.96. The van der Waals surface area contributed by atoms with E-state index in [1.54, 1.807) is 0 Å². The fourth-order valence-corrected chi connectivity index (χ4v) is 9.77. The zero-order valence-corrected chi connectivity index (χ0v) is 35.1. The Morgan fingerprint density at radius 1 is 0.354 bits per heavy atom. The standard InChI is InChI=1S/C46H92O2/c1-12-13-14-15-16-17-18-19-20-21-22-23-24-25-26-36(2)27-37(3)28-38(4)29-39(5)30-40(6)31-41(7)32-42(8)33-43(9)34-44(10)35-45(11)46(47)48/h36-45H,12-35H2,1-11H3,(H,47,48)/t36-,37-,38-,39-,40-,41-,42-,43-,44-,45-/m0/s1. The summed E-state index contributed by atoms with van der Waals surface area (Å²) in [6.45, 7) is 26.2. The Morgan fingerprint density at radius 3 is 0.854 bits per heavy atom. The molecule has 0 rings (SSSR count). The first-order chi connectivity index (χ1) is 22.7. The Morgan fingerprint density at radius 2 is 0.583 bits per heavy atom. The highest BCUT2D eigenvalue weighted by Crippen LogP contribution is 2.32. The van der Waals surface area contributed by atoms with Crippen LogP contribution in [0.25, 0.3) is 0 Å². The molecule has 0 spiro atoms. The van der Waals surface area contributed by atoms with Gasteiger partial charge in [0.15, 0.2) is 0 Å². The number of carboxylic acids is 1. The molecule has 288 valence electrons. The second kappa shape index (κ2) is 30.1. The summed E-state index contributed by atoms with van der Waals surface area (Å²) in [5, 5.41) is 9.22. The van der Waals surface area contributed by atoms with Gasteiger partial charge >= 0.3 is 5.97 Å². The molecule has 0 aliphatic carbocycles. The second-order valence-corrected chi connectivity index (χ2v) is 18.7. The molecule has 0 bridgehead atoms. The van der Waals surface area contributed by atoms with Crippen LogP contribution in [0.15, 0.2) is 0 Å². The highest BCUT2D eigenvalue weighted by molar-refractivity contribution is 5.69. The normalized spacial score (nSPS) is 18.4. The number of carboxylic acid groups (broad SMARTS) is 1. The van der Waals surface area contributed by atoms with E-state index < -0.39 is 5.97 Å². The molecule has 0 fully saturated rings. The van der Waals surface area contributed by atoms with Crippen molar-refractivity contribution in [3.05, 3.63) is 0 Å². The molecule has 0 saturated heterocycles. The lowest BCUT2D eigenvalue weighted by Gasteiger charge is -2.27. The number of hydrogen-bond acceptors (Lipinski definition) is 1. The van der Waals surface area contributed by atoms with Gasteiger partial charge < -0.3 is 5.11 Å². The molecule has 0 aliphatic heterocycles. The number of carbonyl (C=O) groups is 1. The Kier molecular flexibility index (Phi) is 29.8. The van der Waals surface area contributed by atoms with Crippen LogP contribution in [-0.2, 0) is 4.79 Å². The first kappa shape index (κ1) is 47.5. The Hall–Kier alpha value is -0.530. The van der Waals surface area contributed by atoms with Gasteiger partial charge in [-0.3, -0.25) is 4.79 Å². The first-order valence-electron chi connectivity index (χ1n) is 22.0. The lowest BCUT2D eigenvalue weighted by molar-refractivity contribution is -0.141. The number of aliphatic carboxylic acids is 1. The quantitative estimate of drug-likeness (QED) is 0.0689. The van der Waals surface area contributed by atoms with Crippen molar-refractivity contribution in [3.8, 4) is 0 Å². The molecule has 0 aliphatic rings. The number of rotatable bonds is 34. The predicted octanol–water partition coefficient (Wildman–Crippen LogP) is 15.8. The summed E-state index contributed by atoms with van der Waals surface area (Å²) in [5.74, 6) is 6.06. The van der Waals surface area contributed by atoms with E-state index in [1.165, 1.54) is 141 Å². The van der Waals surface area contributed by atoms with Crippen molar-refractivity contribution in [3.63, 3.8) is 0 Å². The Bertz CT molecular complexity index is 717. The Labute approximate surface area is 304 Å². The zero-order valence-electron chi connectivity index (χ0n) is 35.1. The first-order valence-corrected chi connectivity index (χ1v) is 22.0. The molecular weight excluding hydrogens is 585 g/mol. The topological polar surface area (TPSA) is 37.3 Å². The van der Waals surface area contributed by atoms with Crippen LogP contribution in [0.2, 0.25) is 0 Å². The average molecular weight is 677 g/mol. The van der Waals surface area contributed by atoms with E-state index in [4.69, 9.17) is 0 Å². The fourth-order valence-electron chi connectivity index (χ4n) is 9.77. The maximum absolute atomic E-state index is 11.2. The van der Waals surface area contributed by atoms with Gasteiger partial charge in [0.1, 0.15) is 0 Å². The van der Waals surface area contributed by atoms with Gasteiger partial charge in [-0.05, 0) is 111 Å². The van der Waals surface area contributed by atoms with Crippen molar-refractivity contribution in [2.24, 2.45) is 59.2 Å². The zero-order chi connectivity index (χ0) is 36.3. The molecule has 0 aromatic heterocycles. The van der Waals surface area contributed by atoms with Gasteiger partial charge in [0.2, 0.25) is 0 Å². The van der Waals surface area contributed by atoms with E-state index in [2.05, 4.69) is 69.2 Å². The minimum absolute atomic E-state index is 0.225. The highest BCUT2D eigenvalue weighted by atomic mass is 16.4. The van der Waals surface area contributed by atoms with Gasteiger partial charge in [-0.25, -0.2) is 0 Å². The Balaban J connectivity index is 3.98. The largest absolute Gasteiger partial charge is 0.481 e. The van der Waals surface area contributed by atoms with Crippen molar-refractivity contribution in [1.82, 2.24) is 0 Å². The van der Waals surface area contributed by atoms with E-state index >= 15 is 0 Å². The summed E-state index contributed by atoms with van der Waals surface area (Å²) in [5.41, 5.74) is 0. The molecule has 0 unspecified atom stereocenters. The highest BCUT2D eigenvalue weighted by Gasteiger charge is 2.21. The van der Waals surface area contributed by atoms with Crippen LogP contribution in [0, 0.1) is 59.2 Å². The van der Waals surface area contributed by atoms with Gasteiger partial charge in [0.05, 0.1) is 5.92 Å². The van der Waals surface area contributed by atoms with E-state index in [0.29, 0.717) is 11.8 Å². The molecule has 48 heavy (non-hydrogen) atoms. The number of hydrogen-bond donors (Lipinski definition) is 1. The molecule has 0 aromatic rings. The summed E-state index contributed by atoms with van der Waals surface area (Å²) in [6, 6.07) is 0. The van der Waals surface area contributed by atoms with E-state index in [1.807, 2.05) is 6.92 Å². The van der Waals surface area contributed by atoms with Crippen LogP contribution < -0.4 is 0 Å². The molecule has 1 N–H and O–H groups in total.